The summed E-state index contributed by atoms with van der Waals surface area (Å²) in [5.41, 5.74) is 1.97. The first-order valence-electron chi connectivity index (χ1n) is 13.8. The van der Waals surface area contributed by atoms with Gasteiger partial charge in [0.1, 0.15) is 23.4 Å². The average Bonchev–Trinajstić information content (AvgIpc) is 2.95. The van der Waals surface area contributed by atoms with E-state index in [9.17, 15) is 19.2 Å². The van der Waals surface area contributed by atoms with Gasteiger partial charge in [-0.25, -0.2) is 0 Å². The van der Waals surface area contributed by atoms with Crippen LogP contribution in [0.2, 0.25) is 0 Å². The molecule has 2 N–H and O–H groups in total. The van der Waals surface area contributed by atoms with E-state index in [1.54, 1.807) is 26.0 Å². The maximum Gasteiger partial charge on any atom is 0.240 e. The van der Waals surface area contributed by atoms with E-state index in [2.05, 4.69) is 20.6 Å². The summed E-state index contributed by atoms with van der Waals surface area (Å²) in [7, 11) is 0. The van der Waals surface area contributed by atoms with Crippen LogP contribution in [0.25, 0.3) is 21.5 Å². The number of hydrogen-bond donors (Lipinski definition) is 2. The minimum Gasteiger partial charge on any atom is -0.325 e. The van der Waals surface area contributed by atoms with Crippen molar-refractivity contribution in [2.75, 3.05) is 23.7 Å². The van der Waals surface area contributed by atoms with Gasteiger partial charge in [-0.05, 0) is 50.6 Å². The predicted octanol–water partition coefficient (Wildman–Crippen LogP) is 5.90. The maximum atomic E-state index is 13.1. The van der Waals surface area contributed by atoms with Crippen LogP contribution in [-0.4, -0.2) is 47.9 Å². The van der Waals surface area contributed by atoms with Crippen LogP contribution < -0.4 is 10.6 Å². The van der Waals surface area contributed by atoms with Crippen molar-refractivity contribution in [3.8, 4) is 0 Å². The Labute approximate surface area is 244 Å². The summed E-state index contributed by atoms with van der Waals surface area (Å²) in [6, 6.07) is 26.5. The lowest BCUT2D eigenvalue weighted by Gasteiger charge is -2.16. The molecule has 4 aromatic rings. The summed E-state index contributed by atoms with van der Waals surface area (Å²) in [4.78, 5) is 60.0. The molecule has 4 rings (SSSR count). The van der Waals surface area contributed by atoms with Gasteiger partial charge in [-0.3, -0.25) is 29.2 Å². The van der Waals surface area contributed by atoms with Gasteiger partial charge in [-0.1, -0.05) is 72.8 Å². The molecule has 0 fully saturated rings. The summed E-state index contributed by atoms with van der Waals surface area (Å²) in [6.45, 7) is 6.37. The van der Waals surface area contributed by atoms with Crippen LogP contribution in [0.15, 0.2) is 94.9 Å². The SMILES string of the molecule is CC(=O)C(C(=O)Nc1cccc2ccccc12)C(C)=NCCN=C(C)C(C(C)=O)C(=O)Nc1cccc2ccccc12. The Balaban J connectivity index is 1.42. The number of ketones is 2. The Kier molecular flexibility index (Phi) is 9.70. The van der Waals surface area contributed by atoms with Gasteiger partial charge in [0, 0.05) is 33.6 Å². The number of carbonyl (C=O) groups excluding carboxylic acids is 4. The van der Waals surface area contributed by atoms with Gasteiger partial charge in [0.25, 0.3) is 0 Å². The zero-order valence-electron chi connectivity index (χ0n) is 24.2. The van der Waals surface area contributed by atoms with Crippen LogP contribution >= 0.6 is 0 Å². The molecule has 2 atom stereocenters. The average molecular weight is 563 g/mol. The van der Waals surface area contributed by atoms with Gasteiger partial charge < -0.3 is 10.6 Å². The normalized spacial score (nSPS) is 13.4. The highest BCUT2D eigenvalue weighted by molar-refractivity contribution is 6.24. The van der Waals surface area contributed by atoms with E-state index in [0.29, 0.717) is 22.8 Å². The number of fused-ring (bicyclic) bond motifs is 2. The molecule has 0 saturated heterocycles. The molecule has 0 spiro atoms. The van der Waals surface area contributed by atoms with Crippen LogP contribution in [0.3, 0.4) is 0 Å². The number of hydrogen-bond acceptors (Lipinski definition) is 6. The van der Waals surface area contributed by atoms with Crippen LogP contribution in [0.1, 0.15) is 27.7 Å². The fraction of sp³-hybridized carbons (Fsp3) is 0.235. The van der Waals surface area contributed by atoms with E-state index in [4.69, 9.17) is 0 Å². The van der Waals surface area contributed by atoms with Crippen molar-refractivity contribution < 1.29 is 19.2 Å². The first-order chi connectivity index (χ1) is 20.2. The van der Waals surface area contributed by atoms with Crippen LogP contribution in [0, 0.1) is 11.8 Å². The standard InChI is InChI=1S/C34H34N4O4/c1-21(31(23(3)39)33(41)37-29-17-9-13-25-11-5-7-15-27(25)29)35-19-20-36-22(2)32(24(4)40)34(42)38-30-18-10-14-26-12-6-8-16-28(26)30/h5-18,31-32H,19-20H2,1-4H3,(H,37,41)(H,38,42). The highest BCUT2D eigenvalue weighted by Crippen LogP contribution is 2.25. The van der Waals surface area contributed by atoms with E-state index in [1.165, 1.54) is 13.8 Å². The van der Waals surface area contributed by atoms with E-state index < -0.39 is 23.7 Å². The maximum absolute atomic E-state index is 13.1. The van der Waals surface area contributed by atoms with Crippen molar-refractivity contribution in [1.29, 1.82) is 0 Å². The molecule has 42 heavy (non-hydrogen) atoms. The second-order valence-electron chi connectivity index (χ2n) is 10.2. The third-order valence-corrected chi connectivity index (χ3v) is 7.09. The van der Waals surface area contributed by atoms with Crippen molar-refractivity contribution in [3.05, 3.63) is 84.9 Å². The lowest BCUT2D eigenvalue weighted by atomic mass is 9.98. The number of amides is 2. The van der Waals surface area contributed by atoms with Crippen molar-refractivity contribution in [1.82, 2.24) is 0 Å². The Morgan fingerprint density at radius 2 is 0.905 bits per heavy atom. The number of nitrogens with one attached hydrogen (secondary N) is 2. The topological polar surface area (TPSA) is 117 Å². The molecule has 0 aromatic heterocycles. The number of anilines is 2. The van der Waals surface area contributed by atoms with Crippen molar-refractivity contribution in [2.45, 2.75) is 27.7 Å². The number of rotatable bonds is 11. The lowest BCUT2D eigenvalue weighted by molar-refractivity contribution is -0.128. The third-order valence-electron chi connectivity index (χ3n) is 7.09. The Morgan fingerprint density at radius 1 is 0.548 bits per heavy atom. The molecule has 0 saturated carbocycles. The molecule has 2 amide bonds. The summed E-state index contributed by atoms with van der Waals surface area (Å²) in [5, 5.41) is 9.45. The molecule has 4 aromatic carbocycles. The van der Waals surface area contributed by atoms with Crippen molar-refractivity contribution in [3.63, 3.8) is 0 Å². The minimum atomic E-state index is -1.05. The van der Waals surface area contributed by atoms with Crippen LogP contribution in [-0.2, 0) is 19.2 Å². The van der Waals surface area contributed by atoms with Gasteiger partial charge in [0.2, 0.25) is 11.8 Å². The Morgan fingerprint density at radius 3 is 1.29 bits per heavy atom. The number of Topliss-reactive ketones (excluding diaryl/α,β-unsaturated/α-hetero) is 2. The number of benzene rings is 4. The summed E-state index contributed by atoms with van der Waals surface area (Å²) < 4.78 is 0. The second kappa shape index (κ2) is 13.6. The highest BCUT2D eigenvalue weighted by atomic mass is 16.2. The molecule has 8 nitrogen and oxygen atoms in total. The largest absolute Gasteiger partial charge is 0.325 e. The summed E-state index contributed by atoms with van der Waals surface area (Å²) in [6.07, 6.45) is 0. The van der Waals surface area contributed by atoms with Crippen molar-refractivity contribution >= 4 is 67.7 Å². The van der Waals surface area contributed by atoms with Gasteiger partial charge in [-0.2, -0.15) is 0 Å². The fourth-order valence-electron chi connectivity index (χ4n) is 5.05. The number of aliphatic imine (C=N–C) groups is 2. The quantitative estimate of drug-likeness (QED) is 0.134. The minimum absolute atomic E-state index is 0.185. The summed E-state index contributed by atoms with van der Waals surface area (Å²) >= 11 is 0. The van der Waals surface area contributed by atoms with Gasteiger partial charge in [-0.15, -0.1) is 0 Å². The smallest absolute Gasteiger partial charge is 0.240 e. The monoisotopic (exact) mass is 562 g/mol. The molecule has 0 heterocycles. The van der Waals surface area contributed by atoms with Gasteiger partial charge in [0.15, 0.2) is 0 Å². The third kappa shape index (κ3) is 7.01. The van der Waals surface area contributed by atoms with E-state index in [1.807, 2.05) is 72.8 Å². The van der Waals surface area contributed by atoms with Crippen molar-refractivity contribution in [2.24, 2.45) is 21.8 Å². The van der Waals surface area contributed by atoms with Crippen LogP contribution in [0.4, 0.5) is 11.4 Å². The molecule has 0 aliphatic heterocycles. The molecule has 214 valence electrons. The first-order valence-corrected chi connectivity index (χ1v) is 13.8. The van der Waals surface area contributed by atoms with Gasteiger partial charge in [0.05, 0.1) is 13.1 Å². The zero-order valence-corrected chi connectivity index (χ0v) is 24.2. The first kappa shape index (κ1) is 30.0. The molecule has 0 aliphatic rings. The molecular weight excluding hydrogens is 528 g/mol. The lowest BCUT2D eigenvalue weighted by Crippen LogP contribution is -2.34. The Bertz CT molecular complexity index is 1590. The molecular formula is C34H34N4O4. The molecule has 0 aliphatic carbocycles. The summed E-state index contributed by atoms with van der Waals surface area (Å²) in [5.74, 6) is -3.66. The van der Waals surface area contributed by atoms with Crippen LogP contribution in [0.5, 0.6) is 0 Å². The van der Waals surface area contributed by atoms with E-state index in [-0.39, 0.29) is 24.7 Å². The van der Waals surface area contributed by atoms with E-state index >= 15 is 0 Å². The number of carbonyl (C=O) groups is 4. The predicted molar refractivity (Wildman–Crippen MR) is 169 cm³/mol. The van der Waals surface area contributed by atoms with Gasteiger partial charge >= 0.3 is 0 Å². The van der Waals surface area contributed by atoms with E-state index in [0.717, 1.165) is 21.5 Å². The second-order valence-corrected chi connectivity index (χ2v) is 10.2. The zero-order chi connectivity index (χ0) is 30.2. The number of nitrogens with zero attached hydrogens (tertiary/aromatic N) is 2. The molecule has 2 unspecified atom stereocenters. The molecule has 0 radical (unpaired) electrons. The molecule has 0 bridgehead atoms. The highest BCUT2D eigenvalue weighted by Gasteiger charge is 2.28. The molecule has 8 heteroatoms. The Hall–Kier alpha value is -4.98. The fourth-order valence-corrected chi connectivity index (χ4v) is 5.05.